The average molecular weight is 287 g/mol. The van der Waals surface area contributed by atoms with Crippen LogP contribution in [0.2, 0.25) is 0 Å². The van der Waals surface area contributed by atoms with Gasteiger partial charge in [0.05, 0.1) is 24.5 Å². The van der Waals surface area contributed by atoms with Crippen molar-refractivity contribution in [1.82, 2.24) is 4.90 Å². The third-order valence-corrected chi connectivity index (χ3v) is 4.83. The number of rotatable bonds is 3. The van der Waals surface area contributed by atoms with Crippen molar-refractivity contribution in [2.75, 3.05) is 6.54 Å². The highest BCUT2D eigenvalue weighted by molar-refractivity contribution is 6.05. The van der Waals surface area contributed by atoms with Gasteiger partial charge in [-0.05, 0) is 37.8 Å². The predicted octanol–water partition coefficient (Wildman–Crippen LogP) is 2.12. The smallest absolute Gasteiger partial charge is 0.233 e. The van der Waals surface area contributed by atoms with E-state index in [0.717, 1.165) is 36.0 Å². The number of β-amino-alcohol motifs (C(OH)–C–C–N with tert-alkyl or cyclic N) is 1. The molecule has 3 rings (SSSR count). The van der Waals surface area contributed by atoms with E-state index in [1.165, 1.54) is 4.90 Å². The van der Waals surface area contributed by atoms with E-state index >= 15 is 0 Å². The van der Waals surface area contributed by atoms with Gasteiger partial charge in [-0.15, -0.1) is 0 Å². The number of nitrogens with zero attached hydrogens (tertiary/aromatic N) is 1. The fourth-order valence-corrected chi connectivity index (χ4v) is 3.63. The van der Waals surface area contributed by atoms with Gasteiger partial charge < -0.3 is 5.11 Å². The average Bonchev–Trinajstić information content (AvgIpc) is 3.01. The molecule has 21 heavy (non-hydrogen) atoms. The van der Waals surface area contributed by atoms with Crippen LogP contribution in [0.3, 0.4) is 0 Å². The summed E-state index contributed by atoms with van der Waals surface area (Å²) < 4.78 is 0. The number of aliphatic hydroxyl groups excluding tert-OH is 1. The SMILES string of the molecule is Cc1ccc(C)c(C(O)CN2C(=O)C3CCCC3C2=O)c1. The number of carbonyl (C=O) groups excluding carboxylic acids is 2. The van der Waals surface area contributed by atoms with Crippen molar-refractivity contribution in [1.29, 1.82) is 0 Å². The maximum absolute atomic E-state index is 12.3. The number of imide groups is 1. The van der Waals surface area contributed by atoms with Crippen LogP contribution in [-0.4, -0.2) is 28.4 Å². The van der Waals surface area contributed by atoms with E-state index in [9.17, 15) is 14.7 Å². The molecule has 3 atom stereocenters. The molecule has 1 N–H and O–H groups in total. The van der Waals surface area contributed by atoms with Crippen LogP contribution < -0.4 is 0 Å². The summed E-state index contributed by atoms with van der Waals surface area (Å²) in [5.41, 5.74) is 2.84. The first-order valence-corrected chi connectivity index (χ1v) is 7.59. The van der Waals surface area contributed by atoms with Gasteiger partial charge in [-0.1, -0.05) is 30.2 Å². The Kier molecular flexibility index (Phi) is 3.57. The molecule has 1 heterocycles. The van der Waals surface area contributed by atoms with Gasteiger partial charge in [0, 0.05) is 0 Å². The fourth-order valence-electron chi connectivity index (χ4n) is 3.63. The highest BCUT2D eigenvalue weighted by Gasteiger charge is 2.49. The van der Waals surface area contributed by atoms with Gasteiger partial charge in [0.2, 0.25) is 11.8 Å². The van der Waals surface area contributed by atoms with Crippen molar-refractivity contribution < 1.29 is 14.7 Å². The summed E-state index contributed by atoms with van der Waals surface area (Å²) in [6.07, 6.45) is 1.77. The number of benzene rings is 1. The van der Waals surface area contributed by atoms with Crippen molar-refractivity contribution in [2.45, 2.75) is 39.2 Å². The van der Waals surface area contributed by atoms with Gasteiger partial charge in [-0.2, -0.15) is 0 Å². The zero-order valence-electron chi connectivity index (χ0n) is 12.5. The Bertz CT molecular complexity index is 574. The Morgan fingerprint density at radius 2 is 1.81 bits per heavy atom. The molecule has 2 amide bonds. The Morgan fingerprint density at radius 1 is 1.19 bits per heavy atom. The molecule has 3 unspecified atom stereocenters. The highest BCUT2D eigenvalue weighted by Crippen LogP contribution is 2.40. The first-order chi connectivity index (χ1) is 9.99. The van der Waals surface area contributed by atoms with Crippen LogP contribution in [0.1, 0.15) is 42.1 Å². The van der Waals surface area contributed by atoms with Crippen LogP contribution in [-0.2, 0) is 9.59 Å². The van der Waals surface area contributed by atoms with E-state index in [0.29, 0.717) is 0 Å². The number of hydrogen-bond donors (Lipinski definition) is 1. The number of fused-ring (bicyclic) bond motifs is 1. The van der Waals surface area contributed by atoms with Crippen LogP contribution >= 0.6 is 0 Å². The molecule has 0 radical (unpaired) electrons. The second-order valence-corrected chi connectivity index (χ2v) is 6.31. The number of likely N-dealkylation sites (tertiary alicyclic amines) is 1. The van der Waals surface area contributed by atoms with Crippen LogP contribution in [0.4, 0.5) is 0 Å². The molecule has 1 aromatic rings. The summed E-state index contributed by atoms with van der Waals surface area (Å²) in [4.78, 5) is 25.9. The number of amides is 2. The lowest BCUT2D eigenvalue weighted by molar-refractivity contribution is -0.142. The summed E-state index contributed by atoms with van der Waals surface area (Å²) in [5.74, 6) is -0.453. The summed E-state index contributed by atoms with van der Waals surface area (Å²) in [6.45, 7) is 3.97. The van der Waals surface area contributed by atoms with Crippen LogP contribution in [0.5, 0.6) is 0 Å². The third-order valence-electron chi connectivity index (χ3n) is 4.83. The molecule has 1 aliphatic carbocycles. The van der Waals surface area contributed by atoms with Crippen LogP contribution in [0.15, 0.2) is 18.2 Å². The summed E-state index contributed by atoms with van der Waals surface area (Å²) in [6, 6.07) is 5.87. The van der Waals surface area contributed by atoms with Crippen molar-refractivity contribution in [3.8, 4) is 0 Å². The van der Waals surface area contributed by atoms with Crippen molar-refractivity contribution in [3.05, 3.63) is 34.9 Å². The Hall–Kier alpha value is -1.68. The minimum Gasteiger partial charge on any atom is -0.387 e. The van der Waals surface area contributed by atoms with Gasteiger partial charge in [0.25, 0.3) is 0 Å². The first-order valence-electron chi connectivity index (χ1n) is 7.59. The van der Waals surface area contributed by atoms with E-state index in [-0.39, 0.29) is 30.2 Å². The van der Waals surface area contributed by atoms with Gasteiger partial charge in [-0.25, -0.2) is 0 Å². The van der Waals surface area contributed by atoms with E-state index in [2.05, 4.69) is 0 Å². The second-order valence-electron chi connectivity index (χ2n) is 6.31. The zero-order chi connectivity index (χ0) is 15.1. The minimum atomic E-state index is -0.809. The van der Waals surface area contributed by atoms with Crippen molar-refractivity contribution in [3.63, 3.8) is 0 Å². The number of aliphatic hydroxyl groups is 1. The largest absolute Gasteiger partial charge is 0.387 e. The van der Waals surface area contributed by atoms with Gasteiger partial charge in [-0.3, -0.25) is 14.5 Å². The maximum Gasteiger partial charge on any atom is 0.233 e. The summed E-state index contributed by atoms with van der Waals surface area (Å²) in [7, 11) is 0. The molecule has 4 heteroatoms. The van der Waals surface area contributed by atoms with Crippen LogP contribution in [0.25, 0.3) is 0 Å². The predicted molar refractivity (Wildman–Crippen MR) is 78.4 cm³/mol. The number of aryl methyl sites for hydroxylation is 2. The highest BCUT2D eigenvalue weighted by atomic mass is 16.3. The molecular weight excluding hydrogens is 266 g/mol. The van der Waals surface area contributed by atoms with Gasteiger partial charge in [0.15, 0.2) is 0 Å². The molecule has 1 aromatic carbocycles. The standard InChI is InChI=1S/C17H21NO3/c1-10-6-7-11(2)14(8-10)15(19)9-18-16(20)12-4-3-5-13(12)17(18)21/h6-8,12-13,15,19H,3-5,9H2,1-2H3. The third kappa shape index (κ3) is 2.38. The molecule has 0 aromatic heterocycles. The van der Waals surface area contributed by atoms with Crippen LogP contribution in [0, 0.1) is 25.7 Å². The number of hydrogen-bond acceptors (Lipinski definition) is 3. The van der Waals surface area contributed by atoms with Crippen molar-refractivity contribution in [2.24, 2.45) is 11.8 Å². The quantitative estimate of drug-likeness (QED) is 0.866. The lowest BCUT2D eigenvalue weighted by Crippen LogP contribution is -2.35. The normalized spacial score (nSPS) is 26.3. The Morgan fingerprint density at radius 3 is 2.43 bits per heavy atom. The number of carbonyl (C=O) groups is 2. The first kappa shape index (κ1) is 14.3. The van der Waals surface area contributed by atoms with E-state index in [1.54, 1.807) is 0 Å². The summed E-state index contributed by atoms with van der Waals surface area (Å²) in [5, 5.41) is 10.4. The monoisotopic (exact) mass is 287 g/mol. The molecule has 2 aliphatic rings. The van der Waals surface area contributed by atoms with Gasteiger partial charge >= 0.3 is 0 Å². The molecular formula is C17H21NO3. The topological polar surface area (TPSA) is 57.6 Å². The zero-order valence-corrected chi connectivity index (χ0v) is 12.5. The fraction of sp³-hybridized carbons (Fsp3) is 0.529. The lowest BCUT2D eigenvalue weighted by Gasteiger charge is -2.21. The lowest BCUT2D eigenvalue weighted by atomic mass is 10.00. The van der Waals surface area contributed by atoms with E-state index < -0.39 is 6.10 Å². The molecule has 112 valence electrons. The van der Waals surface area contributed by atoms with E-state index in [4.69, 9.17) is 0 Å². The Labute approximate surface area is 124 Å². The molecule has 0 bridgehead atoms. The molecule has 1 saturated heterocycles. The maximum atomic E-state index is 12.3. The van der Waals surface area contributed by atoms with Crippen molar-refractivity contribution >= 4 is 11.8 Å². The molecule has 1 aliphatic heterocycles. The Balaban J connectivity index is 1.79. The summed E-state index contributed by atoms with van der Waals surface area (Å²) >= 11 is 0. The molecule has 2 fully saturated rings. The molecule has 1 saturated carbocycles. The van der Waals surface area contributed by atoms with E-state index in [1.807, 2.05) is 32.0 Å². The van der Waals surface area contributed by atoms with Gasteiger partial charge in [0.1, 0.15) is 0 Å². The minimum absolute atomic E-state index is 0.0783. The molecule has 0 spiro atoms. The second kappa shape index (κ2) is 5.26. The molecule has 4 nitrogen and oxygen atoms in total.